The third kappa shape index (κ3) is 5.26. The predicted molar refractivity (Wildman–Crippen MR) is 125 cm³/mol. The van der Waals surface area contributed by atoms with Crippen LogP contribution in [-0.4, -0.2) is 22.5 Å². The Kier molecular flexibility index (Phi) is 6.49. The van der Waals surface area contributed by atoms with Gasteiger partial charge >= 0.3 is 6.09 Å². The van der Waals surface area contributed by atoms with Crippen molar-refractivity contribution in [3.8, 4) is 0 Å². The molecule has 0 radical (unpaired) electrons. The Morgan fingerprint density at radius 1 is 1.09 bits per heavy atom. The maximum Gasteiger partial charge on any atom is 0.408 e. The van der Waals surface area contributed by atoms with Gasteiger partial charge in [0.05, 0.1) is 18.6 Å². The number of rotatable bonds is 8. The molecule has 0 aliphatic rings. The Bertz CT molecular complexity index is 1220. The molecule has 7 nitrogen and oxygen atoms in total. The number of alkyl carbamates (subject to hydrolysis) is 1. The highest BCUT2D eigenvalue weighted by molar-refractivity contribution is 5.91. The number of hydrogen-bond donors (Lipinski definition) is 3. The topological polar surface area (TPSA) is 96.4 Å². The first kappa shape index (κ1) is 22.2. The average molecular weight is 446 g/mol. The van der Waals surface area contributed by atoms with Crippen molar-refractivity contribution in [2.75, 3.05) is 0 Å². The number of hydrogen-bond acceptors (Lipinski definition) is 4. The Morgan fingerprint density at radius 2 is 1.85 bits per heavy atom. The minimum Gasteiger partial charge on any atom is -0.472 e. The molecule has 0 spiro atoms. The lowest BCUT2D eigenvalue weighted by Crippen LogP contribution is -2.58. The number of H-pyrrole nitrogens is 1. The maximum absolute atomic E-state index is 13.5. The molecule has 7 heteroatoms. The molecule has 2 aromatic heterocycles. The van der Waals surface area contributed by atoms with E-state index in [0.29, 0.717) is 0 Å². The highest BCUT2D eigenvalue weighted by Crippen LogP contribution is 2.24. The van der Waals surface area contributed by atoms with Gasteiger partial charge in [-0.15, -0.1) is 0 Å². The van der Waals surface area contributed by atoms with Crippen molar-refractivity contribution in [3.05, 3.63) is 96.1 Å². The number of furan rings is 1. The van der Waals surface area contributed by atoms with E-state index in [9.17, 15) is 9.59 Å². The summed E-state index contributed by atoms with van der Waals surface area (Å²) in [7, 11) is 0. The molecule has 0 aliphatic heterocycles. The number of aromatic nitrogens is 1. The molecular weight excluding hydrogens is 418 g/mol. The van der Waals surface area contributed by atoms with Crippen LogP contribution in [0, 0.1) is 0 Å². The molecule has 0 saturated heterocycles. The number of carbonyl (C=O) groups excluding carboxylic acids is 2. The van der Waals surface area contributed by atoms with Crippen LogP contribution in [0.4, 0.5) is 4.79 Å². The van der Waals surface area contributed by atoms with Crippen molar-refractivity contribution in [1.82, 2.24) is 15.6 Å². The monoisotopic (exact) mass is 445 g/mol. The molecule has 2 amide bonds. The van der Waals surface area contributed by atoms with Gasteiger partial charge in [-0.25, -0.2) is 4.79 Å². The van der Waals surface area contributed by atoms with Crippen LogP contribution in [0.2, 0.25) is 0 Å². The minimum atomic E-state index is -1.25. The predicted octanol–water partition coefficient (Wildman–Crippen LogP) is 4.87. The molecule has 170 valence electrons. The van der Waals surface area contributed by atoms with E-state index >= 15 is 0 Å². The first-order valence-electron chi connectivity index (χ1n) is 10.8. The van der Waals surface area contributed by atoms with Gasteiger partial charge in [-0.1, -0.05) is 48.5 Å². The average Bonchev–Trinajstić information content (AvgIpc) is 3.48. The molecule has 0 fully saturated rings. The molecule has 2 unspecified atom stereocenters. The summed E-state index contributed by atoms with van der Waals surface area (Å²) in [6.07, 6.45) is 4.49. The lowest BCUT2D eigenvalue weighted by Gasteiger charge is -2.30. The molecule has 4 aromatic rings. The third-order valence-corrected chi connectivity index (χ3v) is 5.70. The zero-order chi connectivity index (χ0) is 23.3. The lowest BCUT2D eigenvalue weighted by molar-refractivity contribution is -0.127. The van der Waals surface area contributed by atoms with Gasteiger partial charge in [0.2, 0.25) is 5.91 Å². The van der Waals surface area contributed by atoms with E-state index in [1.807, 2.05) is 67.7 Å². The van der Waals surface area contributed by atoms with Gasteiger partial charge in [-0.05, 0) is 37.1 Å². The molecule has 2 atom stereocenters. The van der Waals surface area contributed by atoms with Crippen molar-refractivity contribution in [2.24, 2.45) is 0 Å². The lowest BCUT2D eigenvalue weighted by atomic mass is 9.91. The van der Waals surface area contributed by atoms with Crippen molar-refractivity contribution < 1.29 is 18.7 Å². The summed E-state index contributed by atoms with van der Waals surface area (Å²) < 4.78 is 10.3. The number of amides is 2. The summed E-state index contributed by atoms with van der Waals surface area (Å²) in [5.41, 5.74) is 2.34. The zero-order valence-electron chi connectivity index (χ0n) is 18.6. The Morgan fingerprint density at radius 3 is 2.61 bits per heavy atom. The fourth-order valence-electron chi connectivity index (χ4n) is 3.81. The van der Waals surface area contributed by atoms with Gasteiger partial charge in [0.25, 0.3) is 0 Å². The van der Waals surface area contributed by atoms with Crippen LogP contribution in [0.5, 0.6) is 0 Å². The van der Waals surface area contributed by atoms with Gasteiger partial charge < -0.3 is 24.8 Å². The fourth-order valence-corrected chi connectivity index (χ4v) is 3.81. The largest absolute Gasteiger partial charge is 0.472 e. The molecule has 33 heavy (non-hydrogen) atoms. The molecular formula is C26H27N3O4. The second-order valence-corrected chi connectivity index (χ2v) is 8.31. The van der Waals surface area contributed by atoms with Crippen molar-refractivity contribution >= 4 is 22.9 Å². The first-order valence-corrected chi connectivity index (χ1v) is 10.8. The van der Waals surface area contributed by atoms with E-state index in [4.69, 9.17) is 9.15 Å². The van der Waals surface area contributed by atoms with Crippen LogP contribution in [-0.2, 0) is 22.6 Å². The molecule has 2 aromatic carbocycles. The van der Waals surface area contributed by atoms with Crippen LogP contribution in [0.3, 0.4) is 0 Å². The van der Waals surface area contributed by atoms with Crippen LogP contribution in [0.1, 0.15) is 36.6 Å². The van der Waals surface area contributed by atoms with Crippen LogP contribution >= 0.6 is 0 Å². The Hall–Kier alpha value is -4.00. The van der Waals surface area contributed by atoms with E-state index in [0.717, 1.165) is 27.6 Å². The highest BCUT2D eigenvalue weighted by atomic mass is 16.5. The van der Waals surface area contributed by atoms with Gasteiger partial charge in [-0.2, -0.15) is 0 Å². The molecule has 4 rings (SSSR count). The normalized spacial score (nSPS) is 13.8. The van der Waals surface area contributed by atoms with E-state index in [1.54, 1.807) is 13.0 Å². The molecule has 0 bridgehead atoms. The summed E-state index contributed by atoms with van der Waals surface area (Å²) in [6, 6.07) is 19.0. The van der Waals surface area contributed by atoms with E-state index in [-0.39, 0.29) is 25.0 Å². The number of para-hydroxylation sites is 1. The molecule has 2 heterocycles. The summed E-state index contributed by atoms with van der Waals surface area (Å²) in [5, 5.41) is 6.84. The summed E-state index contributed by atoms with van der Waals surface area (Å²) >= 11 is 0. The second kappa shape index (κ2) is 9.65. The fraction of sp³-hybridized carbons (Fsp3) is 0.231. The number of aromatic amines is 1. The van der Waals surface area contributed by atoms with E-state index in [1.165, 1.54) is 12.5 Å². The SMILES string of the molecule is CC(NC(=O)C(C)(Cc1c[nH]c2ccccc12)NC(=O)OCc1ccoc1)c1ccccc1. The molecule has 3 N–H and O–H groups in total. The van der Waals surface area contributed by atoms with Crippen LogP contribution in [0.25, 0.3) is 10.9 Å². The first-order chi connectivity index (χ1) is 15.9. The van der Waals surface area contributed by atoms with Gasteiger partial charge in [-0.3, -0.25) is 4.79 Å². The number of nitrogens with one attached hydrogen (secondary N) is 3. The smallest absolute Gasteiger partial charge is 0.408 e. The zero-order valence-corrected chi connectivity index (χ0v) is 18.6. The van der Waals surface area contributed by atoms with Crippen molar-refractivity contribution in [3.63, 3.8) is 0 Å². The van der Waals surface area contributed by atoms with E-state index < -0.39 is 11.6 Å². The Balaban J connectivity index is 1.54. The number of ether oxygens (including phenoxy) is 1. The third-order valence-electron chi connectivity index (χ3n) is 5.70. The van der Waals surface area contributed by atoms with Gasteiger partial charge in [0, 0.05) is 29.1 Å². The van der Waals surface area contributed by atoms with Gasteiger partial charge in [0.15, 0.2) is 0 Å². The van der Waals surface area contributed by atoms with Crippen LogP contribution in [0.15, 0.2) is 83.8 Å². The van der Waals surface area contributed by atoms with Crippen molar-refractivity contribution in [2.45, 2.75) is 38.5 Å². The summed E-state index contributed by atoms with van der Waals surface area (Å²) in [4.78, 5) is 29.4. The highest BCUT2D eigenvalue weighted by Gasteiger charge is 2.37. The molecule has 0 aliphatic carbocycles. The number of benzene rings is 2. The number of carbonyl (C=O) groups is 2. The van der Waals surface area contributed by atoms with Crippen molar-refractivity contribution in [1.29, 1.82) is 0 Å². The van der Waals surface area contributed by atoms with Crippen LogP contribution < -0.4 is 10.6 Å². The quantitative estimate of drug-likeness (QED) is 0.361. The Labute approximate surface area is 192 Å². The molecule has 0 saturated carbocycles. The summed E-state index contributed by atoms with van der Waals surface area (Å²) in [6.45, 7) is 3.67. The van der Waals surface area contributed by atoms with Gasteiger partial charge in [0.1, 0.15) is 12.1 Å². The summed E-state index contributed by atoms with van der Waals surface area (Å²) in [5.74, 6) is -0.301. The maximum atomic E-state index is 13.5. The van der Waals surface area contributed by atoms with E-state index in [2.05, 4.69) is 15.6 Å². The standard InChI is InChI=1S/C26H27N3O4/c1-18(20-8-4-3-5-9-20)28-24(30)26(2,29-25(31)33-17-19-12-13-32-16-19)14-21-15-27-23-11-7-6-10-22(21)23/h3-13,15-16,18,27H,14,17H2,1-2H3,(H,28,30)(H,29,31). The second-order valence-electron chi connectivity index (χ2n) is 8.31. The number of fused-ring (bicyclic) bond motifs is 1. The minimum absolute atomic E-state index is 0.0491.